The molecule has 146 valence electrons. The summed E-state index contributed by atoms with van der Waals surface area (Å²) >= 11 is 0. The number of fused-ring (bicyclic) bond motifs is 1. The quantitative estimate of drug-likeness (QED) is 0.693. The lowest BCUT2D eigenvalue weighted by atomic mass is 10.1. The number of aromatic nitrogens is 2. The van der Waals surface area contributed by atoms with E-state index in [9.17, 15) is 9.59 Å². The molecule has 3 aromatic rings. The molecule has 2 heterocycles. The predicted molar refractivity (Wildman–Crippen MR) is 108 cm³/mol. The minimum atomic E-state index is -0.162. The second-order valence-electron chi connectivity index (χ2n) is 7.29. The Morgan fingerprint density at radius 2 is 1.71 bits per heavy atom. The fraction of sp³-hybridized carbons (Fsp3) is 0.333. The summed E-state index contributed by atoms with van der Waals surface area (Å²) in [5.41, 5.74) is 4.03. The van der Waals surface area contributed by atoms with Crippen molar-refractivity contribution in [2.24, 2.45) is 14.1 Å². The molecule has 7 nitrogen and oxygen atoms in total. The molecular formula is C21H25N4O3+. The van der Waals surface area contributed by atoms with Crippen LogP contribution >= 0.6 is 0 Å². The molecule has 7 heteroatoms. The Morgan fingerprint density at radius 3 is 2.43 bits per heavy atom. The molecule has 0 atom stereocenters. The first-order chi connectivity index (χ1) is 13.5. The van der Waals surface area contributed by atoms with E-state index in [2.05, 4.69) is 5.32 Å². The maximum Gasteiger partial charge on any atom is 0.328 e. The van der Waals surface area contributed by atoms with Crippen LogP contribution in [0.25, 0.3) is 11.0 Å². The Kier molecular flexibility index (Phi) is 5.02. The average Bonchev–Trinajstić information content (AvgIpc) is 2.93. The molecule has 1 saturated heterocycles. The monoisotopic (exact) mass is 381 g/mol. The van der Waals surface area contributed by atoms with E-state index in [0.29, 0.717) is 11.3 Å². The number of ether oxygens (including phenoxy) is 1. The fourth-order valence-corrected chi connectivity index (χ4v) is 3.69. The van der Waals surface area contributed by atoms with Crippen LogP contribution in [0.3, 0.4) is 0 Å². The van der Waals surface area contributed by atoms with Gasteiger partial charge in [-0.25, -0.2) is 4.79 Å². The summed E-state index contributed by atoms with van der Waals surface area (Å²) in [6, 6.07) is 13.2. The van der Waals surface area contributed by atoms with Gasteiger partial charge in [0, 0.05) is 30.9 Å². The van der Waals surface area contributed by atoms with Gasteiger partial charge in [0.25, 0.3) is 5.91 Å². The van der Waals surface area contributed by atoms with Crippen LogP contribution in [0, 0.1) is 0 Å². The smallest absolute Gasteiger partial charge is 0.328 e. The molecule has 2 aromatic carbocycles. The van der Waals surface area contributed by atoms with Crippen LogP contribution in [-0.2, 0) is 25.4 Å². The van der Waals surface area contributed by atoms with Gasteiger partial charge in [-0.3, -0.25) is 13.9 Å². The van der Waals surface area contributed by atoms with E-state index in [-0.39, 0.29) is 11.6 Å². The van der Waals surface area contributed by atoms with Crippen molar-refractivity contribution in [1.82, 2.24) is 9.13 Å². The second-order valence-corrected chi connectivity index (χ2v) is 7.29. The highest BCUT2D eigenvalue weighted by atomic mass is 16.5. The standard InChI is InChI=1S/C21H24N4O3/c1-23-18-8-7-17(13-19(18)24(2)21(23)27)22-20(26)16-5-3-15(4-6-16)14-25-9-11-28-12-10-25/h3-8,13H,9-12,14H2,1-2H3,(H,22,26)/p+1. The summed E-state index contributed by atoms with van der Waals surface area (Å²) in [5.74, 6) is -0.162. The number of anilines is 1. The van der Waals surface area contributed by atoms with Gasteiger partial charge in [-0.05, 0) is 30.3 Å². The number of carbonyl (C=O) groups excluding carboxylic acids is 1. The molecular weight excluding hydrogens is 356 g/mol. The third-order valence-electron chi connectivity index (χ3n) is 5.40. The lowest BCUT2D eigenvalue weighted by Gasteiger charge is -2.23. The van der Waals surface area contributed by atoms with Crippen molar-refractivity contribution in [3.8, 4) is 0 Å². The molecule has 1 fully saturated rings. The number of morpholine rings is 1. The third kappa shape index (κ3) is 3.58. The summed E-state index contributed by atoms with van der Waals surface area (Å²) in [4.78, 5) is 26.2. The average molecular weight is 381 g/mol. The van der Waals surface area contributed by atoms with Crippen LogP contribution in [0.4, 0.5) is 5.69 Å². The van der Waals surface area contributed by atoms with E-state index in [1.54, 1.807) is 23.2 Å². The zero-order chi connectivity index (χ0) is 19.7. The van der Waals surface area contributed by atoms with Crippen LogP contribution in [0.15, 0.2) is 47.3 Å². The summed E-state index contributed by atoms with van der Waals surface area (Å²) in [7, 11) is 3.47. The molecule has 28 heavy (non-hydrogen) atoms. The lowest BCUT2D eigenvalue weighted by Crippen LogP contribution is -3.12. The Balaban J connectivity index is 1.46. The first-order valence-corrected chi connectivity index (χ1v) is 9.50. The Bertz CT molecular complexity index is 1060. The number of hydrogen-bond acceptors (Lipinski definition) is 3. The molecule has 0 spiro atoms. The Hall–Kier alpha value is -2.90. The van der Waals surface area contributed by atoms with Crippen LogP contribution in [0.2, 0.25) is 0 Å². The molecule has 0 saturated carbocycles. The van der Waals surface area contributed by atoms with Gasteiger partial charge in [-0.2, -0.15) is 0 Å². The summed E-state index contributed by atoms with van der Waals surface area (Å²) in [5, 5.41) is 2.92. The minimum absolute atomic E-state index is 0.0866. The highest BCUT2D eigenvalue weighted by molar-refractivity contribution is 6.05. The number of hydrogen-bond donors (Lipinski definition) is 2. The molecule has 1 aromatic heterocycles. The molecule has 1 aliphatic rings. The predicted octanol–water partition coefficient (Wildman–Crippen LogP) is 0.544. The largest absolute Gasteiger partial charge is 0.370 e. The van der Waals surface area contributed by atoms with Crippen molar-refractivity contribution in [2.75, 3.05) is 31.6 Å². The zero-order valence-corrected chi connectivity index (χ0v) is 16.2. The van der Waals surface area contributed by atoms with Gasteiger partial charge in [0.05, 0.1) is 24.2 Å². The Labute approximate surface area is 163 Å². The van der Waals surface area contributed by atoms with Gasteiger partial charge in [-0.15, -0.1) is 0 Å². The third-order valence-corrected chi connectivity index (χ3v) is 5.40. The highest BCUT2D eigenvalue weighted by Gasteiger charge is 2.15. The van der Waals surface area contributed by atoms with E-state index in [4.69, 9.17) is 4.74 Å². The molecule has 0 aliphatic carbocycles. The number of nitrogens with one attached hydrogen (secondary N) is 2. The number of carbonyl (C=O) groups is 1. The topological polar surface area (TPSA) is 69.7 Å². The lowest BCUT2D eigenvalue weighted by molar-refractivity contribution is -0.921. The van der Waals surface area contributed by atoms with E-state index < -0.39 is 0 Å². The molecule has 1 amide bonds. The van der Waals surface area contributed by atoms with Crippen molar-refractivity contribution >= 4 is 22.6 Å². The van der Waals surface area contributed by atoms with Crippen LogP contribution < -0.4 is 15.9 Å². The van der Waals surface area contributed by atoms with Crippen LogP contribution in [0.5, 0.6) is 0 Å². The van der Waals surface area contributed by atoms with E-state index in [1.807, 2.05) is 42.5 Å². The Morgan fingerprint density at radius 1 is 1.04 bits per heavy atom. The van der Waals surface area contributed by atoms with Gasteiger partial charge in [-0.1, -0.05) is 12.1 Å². The van der Waals surface area contributed by atoms with Gasteiger partial charge in [0.2, 0.25) is 0 Å². The fourth-order valence-electron chi connectivity index (χ4n) is 3.69. The first-order valence-electron chi connectivity index (χ1n) is 9.50. The van der Waals surface area contributed by atoms with Crippen LogP contribution in [0.1, 0.15) is 15.9 Å². The maximum atomic E-state index is 12.6. The summed E-state index contributed by atoms with van der Waals surface area (Å²) < 4.78 is 8.56. The number of quaternary nitrogens is 1. The van der Waals surface area contributed by atoms with Gasteiger partial charge >= 0.3 is 5.69 Å². The highest BCUT2D eigenvalue weighted by Crippen LogP contribution is 2.18. The number of rotatable bonds is 4. The van der Waals surface area contributed by atoms with Crippen molar-refractivity contribution in [3.05, 3.63) is 64.1 Å². The maximum absolute atomic E-state index is 12.6. The number of nitrogens with zero attached hydrogens (tertiary/aromatic N) is 2. The summed E-state index contributed by atoms with van der Waals surface area (Å²) in [6.45, 7) is 4.61. The normalized spacial score (nSPS) is 15.1. The molecule has 4 rings (SSSR count). The number of amides is 1. The van der Waals surface area contributed by atoms with E-state index in [1.165, 1.54) is 10.5 Å². The van der Waals surface area contributed by atoms with Crippen molar-refractivity contribution in [3.63, 3.8) is 0 Å². The number of benzene rings is 2. The van der Waals surface area contributed by atoms with E-state index >= 15 is 0 Å². The molecule has 0 radical (unpaired) electrons. The second kappa shape index (κ2) is 7.61. The number of imidazole rings is 1. The molecule has 0 unspecified atom stereocenters. The van der Waals surface area contributed by atoms with E-state index in [0.717, 1.165) is 43.9 Å². The van der Waals surface area contributed by atoms with Crippen molar-refractivity contribution in [2.45, 2.75) is 6.54 Å². The molecule has 0 bridgehead atoms. The van der Waals surface area contributed by atoms with Gasteiger partial charge < -0.3 is 15.0 Å². The zero-order valence-electron chi connectivity index (χ0n) is 16.2. The van der Waals surface area contributed by atoms with Crippen LogP contribution in [-0.4, -0.2) is 41.3 Å². The minimum Gasteiger partial charge on any atom is -0.370 e. The van der Waals surface area contributed by atoms with Crippen molar-refractivity contribution < 1.29 is 14.4 Å². The molecule has 1 aliphatic heterocycles. The SMILES string of the molecule is Cn1c(=O)n(C)c2cc(NC(=O)c3ccc(C[NH+]4CCOCC4)cc3)ccc21. The molecule has 2 N–H and O–H groups in total. The first kappa shape index (κ1) is 18.5. The van der Waals surface area contributed by atoms with Crippen molar-refractivity contribution in [1.29, 1.82) is 0 Å². The summed E-state index contributed by atoms with van der Waals surface area (Å²) in [6.07, 6.45) is 0. The number of aryl methyl sites for hydroxylation is 2. The van der Waals surface area contributed by atoms with Gasteiger partial charge in [0.1, 0.15) is 19.6 Å². The van der Waals surface area contributed by atoms with Gasteiger partial charge in [0.15, 0.2) is 0 Å².